The summed E-state index contributed by atoms with van der Waals surface area (Å²) >= 11 is 5.82. The molecule has 2 rings (SSSR count). The molecule has 1 aromatic rings. The highest BCUT2D eigenvalue weighted by molar-refractivity contribution is 6.33. The van der Waals surface area contributed by atoms with Crippen LogP contribution in [0.15, 0.2) is 18.2 Å². The fourth-order valence-electron chi connectivity index (χ4n) is 1.94. The lowest BCUT2D eigenvalue weighted by Crippen LogP contribution is -2.12. The van der Waals surface area contributed by atoms with Gasteiger partial charge in [0.05, 0.1) is 10.7 Å². The third-order valence-corrected chi connectivity index (χ3v) is 3.68. The summed E-state index contributed by atoms with van der Waals surface area (Å²) in [5.41, 5.74) is 6.82. The number of anilines is 2. The standard InChI is InChI=1S/C15H21ClN2O2/c16-13-6-5-12(10-14(13)17)18-15(19)2-1-8-20-9-7-11-3-4-11/h5-6,10-11H,1-4,7-9,17H2,(H,18,19). The number of hydrogen-bond acceptors (Lipinski definition) is 3. The fraction of sp³-hybridized carbons (Fsp3) is 0.533. The first-order chi connectivity index (χ1) is 9.65. The molecule has 20 heavy (non-hydrogen) atoms. The van der Waals surface area contributed by atoms with Gasteiger partial charge in [0.25, 0.3) is 0 Å². The first-order valence-electron chi connectivity index (χ1n) is 7.08. The Morgan fingerprint density at radius 1 is 1.40 bits per heavy atom. The molecule has 0 unspecified atom stereocenters. The maximum Gasteiger partial charge on any atom is 0.224 e. The van der Waals surface area contributed by atoms with Gasteiger partial charge in [0.15, 0.2) is 0 Å². The summed E-state index contributed by atoms with van der Waals surface area (Å²) in [6, 6.07) is 5.07. The second-order valence-electron chi connectivity index (χ2n) is 5.23. The Bertz CT molecular complexity index is 461. The van der Waals surface area contributed by atoms with Gasteiger partial charge in [-0.15, -0.1) is 0 Å². The lowest BCUT2D eigenvalue weighted by Gasteiger charge is -2.07. The van der Waals surface area contributed by atoms with Crippen molar-refractivity contribution in [1.29, 1.82) is 0 Å². The van der Waals surface area contributed by atoms with E-state index >= 15 is 0 Å². The van der Waals surface area contributed by atoms with E-state index in [1.165, 1.54) is 12.8 Å². The Morgan fingerprint density at radius 3 is 2.90 bits per heavy atom. The van der Waals surface area contributed by atoms with Crippen molar-refractivity contribution >= 4 is 28.9 Å². The molecule has 1 aliphatic carbocycles. The van der Waals surface area contributed by atoms with Gasteiger partial charge in [-0.1, -0.05) is 24.4 Å². The molecule has 4 nitrogen and oxygen atoms in total. The van der Waals surface area contributed by atoms with E-state index in [1.54, 1.807) is 18.2 Å². The van der Waals surface area contributed by atoms with Crippen LogP contribution in [0, 0.1) is 5.92 Å². The van der Waals surface area contributed by atoms with Crippen molar-refractivity contribution in [3.63, 3.8) is 0 Å². The number of hydrogen-bond donors (Lipinski definition) is 2. The van der Waals surface area contributed by atoms with E-state index < -0.39 is 0 Å². The van der Waals surface area contributed by atoms with Gasteiger partial charge in [0.1, 0.15) is 0 Å². The van der Waals surface area contributed by atoms with Gasteiger partial charge < -0.3 is 15.8 Å². The normalized spacial score (nSPS) is 14.2. The molecule has 1 fully saturated rings. The van der Waals surface area contributed by atoms with E-state index in [1.807, 2.05) is 0 Å². The molecule has 0 aliphatic heterocycles. The topological polar surface area (TPSA) is 64.3 Å². The molecule has 0 atom stereocenters. The fourth-order valence-corrected chi connectivity index (χ4v) is 2.06. The zero-order chi connectivity index (χ0) is 14.4. The van der Waals surface area contributed by atoms with Crippen LogP contribution < -0.4 is 11.1 Å². The predicted octanol–water partition coefficient (Wildman–Crippen LogP) is 3.46. The molecular formula is C15H21ClN2O2. The van der Waals surface area contributed by atoms with Crippen LogP contribution in [0.1, 0.15) is 32.1 Å². The monoisotopic (exact) mass is 296 g/mol. The van der Waals surface area contributed by atoms with Gasteiger partial charge in [-0.05, 0) is 37.0 Å². The molecular weight excluding hydrogens is 276 g/mol. The largest absolute Gasteiger partial charge is 0.397 e. The van der Waals surface area contributed by atoms with E-state index in [4.69, 9.17) is 22.1 Å². The molecule has 3 N–H and O–H groups in total. The van der Waals surface area contributed by atoms with Crippen molar-refractivity contribution in [2.24, 2.45) is 5.92 Å². The quantitative estimate of drug-likeness (QED) is 0.570. The van der Waals surface area contributed by atoms with Crippen molar-refractivity contribution in [3.05, 3.63) is 23.2 Å². The first kappa shape index (κ1) is 15.1. The molecule has 5 heteroatoms. The Labute approximate surface area is 124 Å². The molecule has 110 valence electrons. The minimum absolute atomic E-state index is 0.0301. The number of carbonyl (C=O) groups excluding carboxylic acids is 1. The second-order valence-corrected chi connectivity index (χ2v) is 5.64. The van der Waals surface area contributed by atoms with Gasteiger partial charge in [0, 0.05) is 25.3 Å². The van der Waals surface area contributed by atoms with E-state index in [2.05, 4.69) is 5.32 Å². The Kier molecular flexibility index (Phi) is 5.68. The lowest BCUT2D eigenvalue weighted by atomic mass is 10.2. The number of carbonyl (C=O) groups is 1. The molecule has 0 bridgehead atoms. The highest BCUT2D eigenvalue weighted by Crippen LogP contribution is 2.32. The third kappa shape index (κ3) is 5.39. The number of nitrogen functional groups attached to an aromatic ring is 1. The van der Waals surface area contributed by atoms with Crippen LogP contribution in [0.3, 0.4) is 0 Å². The molecule has 0 aromatic heterocycles. The van der Waals surface area contributed by atoms with Crippen LogP contribution in [-0.4, -0.2) is 19.1 Å². The summed E-state index contributed by atoms with van der Waals surface area (Å²) in [6.45, 7) is 1.46. The van der Waals surface area contributed by atoms with Gasteiger partial charge >= 0.3 is 0 Å². The van der Waals surface area contributed by atoms with Crippen LogP contribution in [0.5, 0.6) is 0 Å². The van der Waals surface area contributed by atoms with E-state index in [0.717, 1.165) is 25.4 Å². The summed E-state index contributed by atoms with van der Waals surface area (Å²) in [7, 11) is 0. The second kappa shape index (κ2) is 7.50. The summed E-state index contributed by atoms with van der Waals surface area (Å²) in [5, 5.41) is 3.29. The van der Waals surface area contributed by atoms with Crippen molar-refractivity contribution in [2.45, 2.75) is 32.1 Å². The number of ether oxygens (including phenoxy) is 1. The van der Waals surface area contributed by atoms with Crippen molar-refractivity contribution < 1.29 is 9.53 Å². The molecule has 0 spiro atoms. The molecule has 1 aromatic carbocycles. The zero-order valence-corrected chi connectivity index (χ0v) is 12.3. The minimum atomic E-state index is -0.0301. The highest BCUT2D eigenvalue weighted by Gasteiger charge is 2.20. The van der Waals surface area contributed by atoms with E-state index in [0.29, 0.717) is 29.4 Å². The third-order valence-electron chi connectivity index (χ3n) is 3.34. The van der Waals surface area contributed by atoms with Crippen LogP contribution >= 0.6 is 11.6 Å². The number of halogens is 1. The van der Waals surface area contributed by atoms with E-state index in [9.17, 15) is 4.79 Å². The van der Waals surface area contributed by atoms with Crippen LogP contribution in [0.2, 0.25) is 5.02 Å². The maximum absolute atomic E-state index is 11.7. The van der Waals surface area contributed by atoms with Gasteiger partial charge in [0.2, 0.25) is 5.91 Å². The molecule has 1 amide bonds. The highest BCUT2D eigenvalue weighted by atomic mass is 35.5. The molecule has 0 saturated heterocycles. The van der Waals surface area contributed by atoms with Crippen LogP contribution in [-0.2, 0) is 9.53 Å². The Morgan fingerprint density at radius 2 is 2.20 bits per heavy atom. The average Bonchev–Trinajstić information content (AvgIpc) is 3.22. The Hall–Kier alpha value is -1.26. The molecule has 0 heterocycles. The zero-order valence-electron chi connectivity index (χ0n) is 11.5. The Balaban J connectivity index is 1.58. The average molecular weight is 297 g/mol. The number of rotatable bonds is 8. The number of nitrogens with one attached hydrogen (secondary N) is 1. The SMILES string of the molecule is Nc1cc(NC(=O)CCCOCCC2CC2)ccc1Cl. The number of amides is 1. The smallest absolute Gasteiger partial charge is 0.224 e. The summed E-state index contributed by atoms with van der Waals surface area (Å²) in [6.07, 6.45) is 5.06. The predicted molar refractivity (Wildman–Crippen MR) is 81.9 cm³/mol. The minimum Gasteiger partial charge on any atom is -0.397 e. The molecule has 1 aliphatic rings. The van der Waals surface area contributed by atoms with Crippen molar-refractivity contribution in [2.75, 3.05) is 24.3 Å². The first-order valence-corrected chi connectivity index (χ1v) is 7.45. The van der Waals surface area contributed by atoms with Gasteiger partial charge in [-0.3, -0.25) is 4.79 Å². The van der Waals surface area contributed by atoms with Crippen molar-refractivity contribution in [1.82, 2.24) is 0 Å². The van der Waals surface area contributed by atoms with E-state index in [-0.39, 0.29) is 5.91 Å². The van der Waals surface area contributed by atoms with Crippen LogP contribution in [0.4, 0.5) is 11.4 Å². The maximum atomic E-state index is 11.7. The molecule has 1 saturated carbocycles. The van der Waals surface area contributed by atoms with Gasteiger partial charge in [-0.25, -0.2) is 0 Å². The van der Waals surface area contributed by atoms with Gasteiger partial charge in [-0.2, -0.15) is 0 Å². The number of nitrogens with two attached hydrogens (primary N) is 1. The number of benzene rings is 1. The van der Waals surface area contributed by atoms with Crippen molar-refractivity contribution in [3.8, 4) is 0 Å². The van der Waals surface area contributed by atoms with Crippen LogP contribution in [0.25, 0.3) is 0 Å². The lowest BCUT2D eigenvalue weighted by molar-refractivity contribution is -0.116. The summed E-state index contributed by atoms with van der Waals surface area (Å²) in [4.78, 5) is 11.7. The summed E-state index contributed by atoms with van der Waals surface area (Å²) in [5.74, 6) is 0.867. The summed E-state index contributed by atoms with van der Waals surface area (Å²) < 4.78 is 5.50. The molecule has 0 radical (unpaired) electrons.